The minimum atomic E-state index is -0.0152. The van der Waals surface area contributed by atoms with Crippen molar-refractivity contribution >= 4 is 36.4 Å². The maximum Gasteiger partial charge on any atom is 0.119 e. The van der Waals surface area contributed by atoms with E-state index in [4.69, 9.17) is 21.1 Å². The van der Waals surface area contributed by atoms with Crippen LogP contribution >= 0.6 is 36.4 Å². The van der Waals surface area contributed by atoms with Gasteiger partial charge in [0.2, 0.25) is 0 Å². The van der Waals surface area contributed by atoms with E-state index in [1.54, 1.807) is 7.11 Å². The highest BCUT2D eigenvalue weighted by atomic mass is 35.5. The third kappa shape index (κ3) is 11.4. The van der Waals surface area contributed by atoms with Gasteiger partial charge in [-0.15, -0.1) is 24.8 Å². The topological polar surface area (TPSA) is 65.2 Å². The number of benzene rings is 2. The largest absolute Gasteiger partial charge is 0.492 e. The number of nitrogens with zero attached hydrogens (tertiary/aromatic N) is 1. The molecule has 0 aliphatic carbocycles. The highest BCUT2D eigenvalue weighted by Crippen LogP contribution is 2.20. The van der Waals surface area contributed by atoms with Gasteiger partial charge in [0.05, 0.1) is 6.10 Å². The fourth-order valence-electron chi connectivity index (χ4n) is 2.85. The Morgan fingerprint density at radius 1 is 1.07 bits per heavy atom. The summed E-state index contributed by atoms with van der Waals surface area (Å²) in [5.41, 5.74) is 2.37. The molecular weight excluding hydrogens is 447 g/mol. The second-order valence-corrected chi connectivity index (χ2v) is 7.52. The predicted octanol–water partition coefficient (Wildman–Crippen LogP) is 4.21. The summed E-state index contributed by atoms with van der Waals surface area (Å²) in [6.45, 7) is 4.54. The van der Waals surface area contributed by atoms with E-state index in [1.807, 2.05) is 50.5 Å². The van der Waals surface area contributed by atoms with Crippen LogP contribution in [0.15, 0.2) is 48.5 Å². The Labute approximate surface area is 198 Å². The summed E-state index contributed by atoms with van der Waals surface area (Å²) in [5.74, 6) is 0.918. The summed E-state index contributed by atoms with van der Waals surface area (Å²) in [5, 5.41) is 4.29. The SMILES string of the molecule is COC(CNC(C)Cc1ccc(OCCN(C)C)cc1)c1cccc(Cl)c1.Cl.Cl.O. The van der Waals surface area contributed by atoms with Gasteiger partial charge >= 0.3 is 0 Å². The highest BCUT2D eigenvalue weighted by Gasteiger charge is 2.12. The minimum Gasteiger partial charge on any atom is -0.492 e. The van der Waals surface area contributed by atoms with E-state index in [0.29, 0.717) is 12.6 Å². The molecule has 0 radical (unpaired) electrons. The van der Waals surface area contributed by atoms with Crippen LogP contribution in [0.25, 0.3) is 0 Å². The van der Waals surface area contributed by atoms with Crippen LogP contribution in [0.1, 0.15) is 24.2 Å². The highest BCUT2D eigenvalue weighted by molar-refractivity contribution is 6.30. The molecule has 0 amide bonds. The summed E-state index contributed by atoms with van der Waals surface area (Å²) in [6.07, 6.45) is 0.933. The third-order valence-electron chi connectivity index (χ3n) is 4.43. The van der Waals surface area contributed by atoms with E-state index in [2.05, 4.69) is 29.3 Å². The molecule has 2 rings (SSSR count). The van der Waals surface area contributed by atoms with E-state index < -0.39 is 0 Å². The molecule has 0 heterocycles. The van der Waals surface area contributed by atoms with Crippen LogP contribution in [0.3, 0.4) is 0 Å². The van der Waals surface area contributed by atoms with Crippen molar-refractivity contribution in [3.8, 4) is 5.75 Å². The number of hydrogen-bond acceptors (Lipinski definition) is 4. The molecule has 0 aromatic heterocycles. The van der Waals surface area contributed by atoms with E-state index in [-0.39, 0.29) is 36.4 Å². The molecule has 0 saturated carbocycles. The third-order valence-corrected chi connectivity index (χ3v) is 4.66. The first kappa shape index (κ1) is 31.1. The average Bonchev–Trinajstić information content (AvgIpc) is 2.63. The van der Waals surface area contributed by atoms with Gasteiger partial charge in [-0.3, -0.25) is 0 Å². The number of hydrogen-bond donors (Lipinski definition) is 1. The van der Waals surface area contributed by atoms with Crippen LogP contribution < -0.4 is 10.1 Å². The molecule has 3 N–H and O–H groups in total. The second-order valence-electron chi connectivity index (χ2n) is 7.09. The molecule has 172 valence electrons. The molecule has 2 atom stereocenters. The first-order valence-corrected chi connectivity index (χ1v) is 9.74. The Balaban J connectivity index is 0. The molecule has 0 bridgehead atoms. The summed E-state index contributed by atoms with van der Waals surface area (Å²) >= 11 is 6.09. The van der Waals surface area contributed by atoms with Crippen molar-refractivity contribution in [2.45, 2.75) is 25.5 Å². The summed E-state index contributed by atoms with van der Waals surface area (Å²) in [4.78, 5) is 2.11. The lowest BCUT2D eigenvalue weighted by atomic mass is 10.1. The predicted molar refractivity (Wildman–Crippen MR) is 131 cm³/mol. The van der Waals surface area contributed by atoms with E-state index in [9.17, 15) is 0 Å². The van der Waals surface area contributed by atoms with Gasteiger partial charge in [-0.25, -0.2) is 0 Å². The molecule has 0 aliphatic heterocycles. The maximum atomic E-state index is 6.09. The number of methoxy groups -OCH3 is 1. The summed E-state index contributed by atoms with van der Waals surface area (Å²) < 4.78 is 11.4. The molecule has 2 aromatic rings. The van der Waals surface area contributed by atoms with Crippen LogP contribution in [0.2, 0.25) is 5.02 Å². The van der Waals surface area contributed by atoms with Gasteiger partial charge in [-0.2, -0.15) is 0 Å². The van der Waals surface area contributed by atoms with Gasteiger partial charge in [0, 0.05) is 31.3 Å². The van der Waals surface area contributed by atoms with Crippen molar-refractivity contribution in [1.29, 1.82) is 0 Å². The smallest absolute Gasteiger partial charge is 0.119 e. The minimum absolute atomic E-state index is 0. The molecule has 2 unspecified atom stereocenters. The molecule has 0 fully saturated rings. The fraction of sp³-hybridized carbons (Fsp3) is 0.455. The number of likely N-dealkylation sites (N-methyl/N-ethyl adjacent to an activating group) is 1. The molecule has 30 heavy (non-hydrogen) atoms. The van der Waals surface area contributed by atoms with Gasteiger partial charge in [-0.1, -0.05) is 35.9 Å². The van der Waals surface area contributed by atoms with Gasteiger partial charge in [0.15, 0.2) is 0 Å². The second kappa shape index (κ2) is 16.6. The summed E-state index contributed by atoms with van der Waals surface area (Å²) in [6, 6.07) is 16.5. The zero-order valence-corrected chi connectivity index (χ0v) is 20.4. The molecule has 2 aromatic carbocycles. The molecule has 5 nitrogen and oxygen atoms in total. The molecule has 8 heteroatoms. The Kier molecular flexibility index (Phi) is 17.2. The Bertz CT molecular complexity index is 688. The van der Waals surface area contributed by atoms with Gasteiger partial charge in [-0.05, 0) is 62.8 Å². The van der Waals surface area contributed by atoms with Gasteiger partial charge < -0.3 is 25.2 Å². The van der Waals surface area contributed by atoms with Crippen LogP contribution in [0.5, 0.6) is 5.75 Å². The van der Waals surface area contributed by atoms with Crippen molar-refractivity contribution in [2.24, 2.45) is 0 Å². The van der Waals surface area contributed by atoms with Crippen molar-refractivity contribution in [1.82, 2.24) is 10.2 Å². The lowest BCUT2D eigenvalue weighted by Crippen LogP contribution is -2.32. The fourth-order valence-corrected chi connectivity index (χ4v) is 3.04. The zero-order valence-electron chi connectivity index (χ0n) is 18.1. The van der Waals surface area contributed by atoms with Crippen LogP contribution in [-0.4, -0.2) is 57.3 Å². The lowest BCUT2D eigenvalue weighted by Gasteiger charge is -2.20. The van der Waals surface area contributed by atoms with Crippen molar-refractivity contribution < 1.29 is 14.9 Å². The molecular formula is C22H35Cl3N2O3. The molecule has 0 saturated heterocycles. The average molecular weight is 482 g/mol. The van der Waals surface area contributed by atoms with E-state index in [0.717, 1.165) is 35.8 Å². The Hall–Kier alpha value is -1.05. The van der Waals surface area contributed by atoms with Gasteiger partial charge in [0.25, 0.3) is 0 Å². The number of nitrogens with one attached hydrogen (secondary N) is 1. The van der Waals surface area contributed by atoms with Crippen LogP contribution in [0, 0.1) is 0 Å². The summed E-state index contributed by atoms with van der Waals surface area (Å²) in [7, 11) is 5.82. The first-order valence-electron chi connectivity index (χ1n) is 9.36. The Morgan fingerprint density at radius 3 is 2.30 bits per heavy atom. The van der Waals surface area contributed by atoms with Crippen molar-refractivity contribution in [3.63, 3.8) is 0 Å². The molecule has 0 aliphatic rings. The van der Waals surface area contributed by atoms with Crippen molar-refractivity contribution in [2.75, 3.05) is 40.9 Å². The zero-order chi connectivity index (χ0) is 19.6. The standard InChI is InChI=1S/C22H31ClN2O2.2ClH.H2O/c1-17(24-16-22(26-4)19-6-5-7-20(23)15-19)14-18-8-10-21(11-9-18)27-13-12-25(2)3;;;/h5-11,15,17,22,24H,12-14,16H2,1-4H3;2*1H;1H2. The Morgan fingerprint density at radius 2 is 1.73 bits per heavy atom. The lowest BCUT2D eigenvalue weighted by molar-refractivity contribution is 0.0999. The maximum absolute atomic E-state index is 6.09. The van der Waals surface area contributed by atoms with Gasteiger partial charge in [0.1, 0.15) is 12.4 Å². The normalized spacial score (nSPS) is 12.2. The van der Waals surface area contributed by atoms with Crippen LogP contribution in [-0.2, 0) is 11.2 Å². The quantitative estimate of drug-likeness (QED) is 0.522. The molecule has 0 spiro atoms. The number of rotatable bonds is 11. The van der Waals surface area contributed by atoms with Crippen molar-refractivity contribution in [3.05, 3.63) is 64.7 Å². The first-order chi connectivity index (χ1) is 13.0. The monoisotopic (exact) mass is 480 g/mol. The number of ether oxygens (including phenoxy) is 2. The van der Waals surface area contributed by atoms with E-state index >= 15 is 0 Å². The van der Waals surface area contributed by atoms with Crippen LogP contribution in [0.4, 0.5) is 0 Å². The number of halogens is 3. The van der Waals surface area contributed by atoms with E-state index in [1.165, 1.54) is 5.56 Å².